The van der Waals surface area contributed by atoms with E-state index in [0.717, 1.165) is 0 Å². The molecule has 0 spiro atoms. The van der Waals surface area contributed by atoms with E-state index in [1.54, 1.807) is 0 Å². The van der Waals surface area contributed by atoms with E-state index in [2.05, 4.69) is 8.83 Å². The van der Waals surface area contributed by atoms with Gasteiger partial charge < -0.3 is 16.1 Å². The molecular formula is C2H4F5LiO7P2. The van der Waals surface area contributed by atoms with E-state index < -0.39 is 27.9 Å². The Morgan fingerprint density at radius 3 is 1.59 bits per heavy atom. The van der Waals surface area contributed by atoms with E-state index in [-0.39, 0.29) is 20.3 Å². The summed E-state index contributed by atoms with van der Waals surface area (Å²) in [4.78, 5) is 24.0. The van der Waals surface area contributed by atoms with E-state index in [9.17, 15) is 31.1 Å². The fourth-order valence-electron chi connectivity index (χ4n) is 0.348. The first-order valence-corrected chi connectivity index (χ1v) is 5.94. The van der Waals surface area contributed by atoms with Crippen molar-refractivity contribution in [1.82, 2.24) is 0 Å². The van der Waals surface area contributed by atoms with Crippen molar-refractivity contribution in [1.29, 1.82) is 0 Å². The number of hydrogen-bond acceptors (Lipinski definition) is 4. The Balaban J connectivity index is -0.00000112. The minimum absolute atomic E-state index is 0. The van der Waals surface area contributed by atoms with Crippen LogP contribution in [0.4, 0.5) is 22.0 Å². The monoisotopic (exact) mass is 304 g/mol. The van der Waals surface area contributed by atoms with Crippen molar-refractivity contribution in [3.05, 3.63) is 0 Å². The van der Waals surface area contributed by atoms with Gasteiger partial charge in [-0.3, -0.25) is 0 Å². The Hall–Kier alpha value is 0.507. The smallest absolute Gasteiger partial charge is 1.00 e. The van der Waals surface area contributed by atoms with Crippen LogP contribution in [0.1, 0.15) is 1.43 Å². The molecule has 0 aliphatic rings. The number of rotatable bonds is 4. The molecule has 0 heterocycles. The van der Waals surface area contributed by atoms with Crippen LogP contribution in [0, 0.1) is 0 Å². The molecule has 7 nitrogen and oxygen atoms in total. The third-order valence-electron chi connectivity index (χ3n) is 0.770. The first-order valence-electron chi connectivity index (χ1n) is 2.91. The van der Waals surface area contributed by atoms with Crippen molar-refractivity contribution in [2.45, 2.75) is 12.3 Å². The molecule has 0 bridgehead atoms. The third kappa shape index (κ3) is 7.51. The van der Waals surface area contributed by atoms with Gasteiger partial charge in [0.2, 0.25) is 0 Å². The summed E-state index contributed by atoms with van der Waals surface area (Å²) in [7, 11) is -12.0. The van der Waals surface area contributed by atoms with Crippen LogP contribution in [-0.2, 0) is 18.0 Å². The van der Waals surface area contributed by atoms with Crippen LogP contribution in [0.25, 0.3) is 0 Å². The molecule has 0 aliphatic carbocycles. The molecule has 0 fully saturated rings. The molecule has 17 heavy (non-hydrogen) atoms. The van der Waals surface area contributed by atoms with Crippen molar-refractivity contribution in [2.24, 2.45) is 0 Å². The minimum Gasteiger partial charge on any atom is -1.00 e. The first-order chi connectivity index (χ1) is 6.66. The van der Waals surface area contributed by atoms with Gasteiger partial charge in [0.1, 0.15) is 0 Å². The molecule has 0 rings (SSSR count). The van der Waals surface area contributed by atoms with Gasteiger partial charge in [-0.25, -0.2) is 13.7 Å². The van der Waals surface area contributed by atoms with Crippen molar-refractivity contribution in [3.63, 3.8) is 0 Å². The normalized spacial score (nSPS) is 17.2. The standard InChI is InChI=1S/C2H3F5O7P2.Li.H/c3-1(4,5)2(6,7)13-16(11,12)14-15(8,9)10;;/h(H,11,12)(H2,8,9,10);;/q;+1;-1. The van der Waals surface area contributed by atoms with Gasteiger partial charge in [0, 0.05) is 0 Å². The summed E-state index contributed by atoms with van der Waals surface area (Å²) in [6, 6.07) is 0. The number of phosphoric ester groups is 1. The maximum Gasteiger partial charge on any atom is 1.00 e. The molecule has 1 atom stereocenters. The summed E-state index contributed by atoms with van der Waals surface area (Å²) in [5.74, 6) is 0. The van der Waals surface area contributed by atoms with Crippen molar-refractivity contribution in [2.75, 3.05) is 0 Å². The summed E-state index contributed by atoms with van der Waals surface area (Å²) in [6.07, 6.45) is -12.4. The van der Waals surface area contributed by atoms with Crippen LogP contribution in [0.3, 0.4) is 0 Å². The predicted molar refractivity (Wildman–Crippen MR) is 36.2 cm³/mol. The quantitative estimate of drug-likeness (QED) is 0.328. The first kappa shape index (κ1) is 19.8. The molecule has 15 heteroatoms. The fourth-order valence-corrected chi connectivity index (χ4v) is 1.95. The van der Waals surface area contributed by atoms with Crippen LogP contribution < -0.4 is 18.9 Å². The maximum atomic E-state index is 12.0. The van der Waals surface area contributed by atoms with Crippen LogP contribution in [0.5, 0.6) is 0 Å². The van der Waals surface area contributed by atoms with E-state index in [1.165, 1.54) is 0 Å². The van der Waals surface area contributed by atoms with Crippen LogP contribution in [-0.4, -0.2) is 27.0 Å². The van der Waals surface area contributed by atoms with Gasteiger partial charge in [-0.2, -0.15) is 26.3 Å². The van der Waals surface area contributed by atoms with E-state index in [4.69, 9.17) is 14.7 Å². The van der Waals surface area contributed by atoms with E-state index in [1.807, 2.05) is 0 Å². The molecule has 0 aliphatic heterocycles. The summed E-state index contributed by atoms with van der Waals surface area (Å²) in [6.45, 7) is 0. The molecule has 0 saturated carbocycles. The van der Waals surface area contributed by atoms with Gasteiger partial charge in [-0.1, -0.05) is 0 Å². The van der Waals surface area contributed by atoms with E-state index in [0.29, 0.717) is 0 Å². The summed E-state index contributed by atoms with van der Waals surface area (Å²) in [5.41, 5.74) is 0. The average molecular weight is 304 g/mol. The molecule has 0 aromatic rings. The third-order valence-corrected chi connectivity index (χ3v) is 2.91. The van der Waals surface area contributed by atoms with Crippen LogP contribution in [0.2, 0.25) is 0 Å². The number of alkyl halides is 5. The predicted octanol–water partition coefficient (Wildman–Crippen LogP) is -1.52. The van der Waals surface area contributed by atoms with Gasteiger partial charge in [-0.05, 0) is 0 Å². The molecule has 1 unspecified atom stereocenters. The maximum absolute atomic E-state index is 12.0. The Morgan fingerprint density at radius 1 is 1.00 bits per heavy atom. The number of hydrogen-bond donors (Lipinski definition) is 3. The Labute approximate surface area is 103 Å². The molecule has 0 saturated heterocycles. The second-order valence-corrected chi connectivity index (χ2v) is 4.90. The SMILES string of the molecule is O=P(O)(O)OP(=O)(O)OC(F)(F)C(F)(F)F.[H-].[Li+]. The van der Waals surface area contributed by atoms with Crippen LogP contribution in [0.15, 0.2) is 0 Å². The van der Waals surface area contributed by atoms with E-state index >= 15 is 0 Å². The zero-order valence-electron chi connectivity index (χ0n) is 8.76. The molecule has 0 radical (unpaired) electrons. The van der Waals surface area contributed by atoms with Crippen molar-refractivity contribution >= 4 is 15.6 Å². The topological polar surface area (TPSA) is 113 Å². The van der Waals surface area contributed by atoms with Gasteiger partial charge in [0.05, 0.1) is 0 Å². The van der Waals surface area contributed by atoms with Crippen molar-refractivity contribution < 1.29 is 74.9 Å². The molecule has 0 aromatic heterocycles. The van der Waals surface area contributed by atoms with Gasteiger partial charge >= 0.3 is 46.8 Å². The summed E-state index contributed by atoms with van der Waals surface area (Å²) < 4.78 is 83.6. The second kappa shape index (κ2) is 5.65. The van der Waals surface area contributed by atoms with Crippen molar-refractivity contribution in [3.8, 4) is 0 Å². The Morgan fingerprint density at radius 2 is 1.35 bits per heavy atom. The zero-order valence-corrected chi connectivity index (χ0v) is 9.55. The average Bonchev–Trinajstić information content (AvgIpc) is 1.72. The Bertz CT molecular complexity index is 354. The fraction of sp³-hybridized carbons (Fsp3) is 1.00. The molecule has 0 amide bonds. The zero-order chi connectivity index (χ0) is 13.4. The molecule has 0 aromatic carbocycles. The molecule has 100 valence electrons. The molecular weight excluding hydrogens is 300 g/mol. The van der Waals surface area contributed by atoms with Gasteiger partial charge in [-0.15, -0.1) is 0 Å². The van der Waals surface area contributed by atoms with Gasteiger partial charge in [0.25, 0.3) is 0 Å². The largest absolute Gasteiger partial charge is 1.00 e. The van der Waals surface area contributed by atoms with Crippen LogP contribution >= 0.6 is 15.6 Å². The number of halogens is 5. The second-order valence-electron chi connectivity index (χ2n) is 2.15. The Kier molecular flexibility index (Phi) is 6.59. The summed E-state index contributed by atoms with van der Waals surface area (Å²) in [5, 5.41) is 0. The molecule has 3 N–H and O–H groups in total. The minimum atomic E-state index is -6.34. The summed E-state index contributed by atoms with van der Waals surface area (Å²) >= 11 is 0. The van der Waals surface area contributed by atoms with Gasteiger partial charge in [0.15, 0.2) is 0 Å². The number of phosphoric acid groups is 2.